The highest BCUT2D eigenvalue weighted by Gasteiger charge is 2.29. The number of carbonyl (C=O) groups is 1. The maximum absolute atomic E-state index is 13.4. The topological polar surface area (TPSA) is 93.2 Å². The normalized spacial score (nSPS) is 14.0. The van der Waals surface area contributed by atoms with E-state index >= 15 is 0 Å². The SMILES string of the molecule is Cc1cc(C)n(-c2cc(N3CCN(C(=O)c4c(-c5ccccc5Cl)noc4C)CC3)ncn2)n1. The first-order valence-corrected chi connectivity index (χ1v) is 11.4. The molecule has 1 aromatic carbocycles. The largest absolute Gasteiger partial charge is 0.360 e. The molecule has 0 bridgehead atoms. The van der Waals surface area contributed by atoms with Crippen molar-refractivity contribution in [2.24, 2.45) is 0 Å². The second kappa shape index (κ2) is 8.90. The van der Waals surface area contributed by atoms with Crippen LogP contribution < -0.4 is 4.90 Å². The highest BCUT2D eigenvalue weighted by molar-refractivity contribution is 6.33. The highest BCUT2D eigenvalue weighted by atomic mass is 35.5. The Kier molecular flexibility index (Phi) is 5.79. The molecular weight excluding hydrogens is 454 g/mol. The van der Waals surface area contributed by atoms with E-state index in [0.29, 0.717) is 53.8 Å². The fourth-order valence-electron chi connectivity index (χ4n) is 4.24. The van der Waals surface area contributed by atoms with Gasteiger partial charge in [-0.1, -0.05) is 35.0 Å². The monoisotopic (exact) mass is 477 g/mol. The molecule has 9 nitrogen and oxygen atoms in total. The lowest BCUT2D eigenvalue weighted by atomic mass is 10.0. The van der Waals surface area contributed by atoms with E-state index in [1.165, 1.54) is 0 Å². The van der Waals surface area contributed by atoms with Crippen molar-refractivity contribution in [3.63, 3.8) is 0 Å². The van der Waals surface area contributed by atoms with Crippen molar-refractivity contribution in [1.82, 2.24) is 29.8 Å². The zero-order valence-corrected chi connectivity index (χ0v) is 20.0. The quantitative estimate of drug-likeness (QED) is 0.440. The Hall–Kier alpha value is -3.72. The van der Waals surface area contributed by atoms with Gasteiger partial charge >= 0.3 is 0 Å². The van der Waals surface area contributed by atoms with Gasteiger partial charge in [-0.2, -0.15) is 5.10 Å². The van der Waals surface area contributed by atoms with Gasteiger partial charge in [0, 0.05) is 43.5 Å². The molecule has 1 aliphatic rings. The predicted octanol–water partition coefficient (Wildman–Crippen LogP) is 3.86. The van der Waals surface area contributed by atoms with Crippen LogP contribution in [-0.2, 0) is 0 Å². The Bertz CT molecular complexity index is 1360. The minimum Gasteiger partial charge on any atom is -0.360 e. The molecule has 1 saturated heterocycles. The van der Waals surface area contributed by atoms with Crippen LogP contribution in [0.4, 0.5) is 5.82 Å². The van der Waals surface area contributed by atoms with E-state index in [1.807, 2.05) is 53.8 Å². The number of rotatable bonds is 4. The van der Waals surface area contributed by atoms with Crippen LogP contribution in [0, 0.1) is 20.8 Å². The first-order valence-electron chi connectivity index (χ1n) is 11.0. The molecule has 1 amide bonds. The number of hydrogen-bond donors (Lipinski definition) is 0. The third kappa shape index (κ3) is 4.03. The fourth-order valence-corrected chi connectivity index (χ4v) is 4.47. The van der Waals surface area contributed by atoms with Crippen LogP contribution in [0.1, 0.15) is 27.5 Å². The number of carbonyl (C=O) groups excluding carboxylic acids is 1. The number of amides is 1. The average molecular weight is 478 g/mol. The number of nitrogens with zero attached hydrogens (tertiary/aromatic N) is 7. The molecule has 10 heteroatoms. The van der Waals surface area contributed by atoms with Gasteiger partial charge in [0.25, 0.3) is 5.91 Å². The minimum absolute atomic E-state index is 0.112. The number of aryl methyl sites for hydroxylation is 3. The first kappa shape index (κ1) is 22.1. The van der Waals surface area contributed by atoms with E-state index in [-0.39, 0.29) is 5.91 Å². The first-order chi connectivity index (χ1) is 16.4. The second-order valence-corrected chi connectivity index (χ2v) is 8.70. The van der Waals surface area contributed by atoms with Gasteiger partial charge in [0.15, 0.2) is 5.82 Å². The Morgan fingerprint density at radius 3 is 2.44 bits per heavy atom. The molecule has 0 radical (unpaired) electrons. The summed E-state index contributed by atoms with van der Waals surface area (Å²) in [7, 11) is 0. The smallest absolute Gasteiger partial charge is 0.259 e. The molecule has 0 saturated carbocycles. The third-order valence-corrected chi connectivity index (χ3v) is 6.29. The number of piperazine rings is 1. The van der Waals surface area contributed by atoms with Gasteiger partial charge in [-0.15, -0.1) is 0 Å². The minimum atomic E-state index is -0.112. The average Bonchev–Trinajstić information content (AvgIpc) is 3.40. The molecule has 1 fully saturated rings. The zero-order valence-electron chi connectivity index (χ0n) is 19.2. The third-order valence-electron chi connectivity index (χ3n) is 5.96. The van der Waals surface area contributed by atoms with Crippen LogP contribution >= 0.6 is 11.6 Å². The molecule has 0 spiro atoms. The number of hydrogen-bond acceptors (Lipinski definition) is 7. The molecular formula is C24H24ClN7O2. The second-order valence-electron chi connectivity index (χ2n) is 8.29. The summed E-state index contributed by atoms with van der Waals surface area (Å²) in [5, 5.41) is 9.16. The molecule has 4 heterocycles. The maximum Gasteiger partial charge on any atom is 0.259 e. The van der Waals surface area contributed by atoms with Crippen LogP contribution in [0.25, 0.3) is 17.1 Å². The molecule has 0 unspecified atom stereocenters. The van der Waals surface area contributed by atoms with Crippen molar-refractivity contribution in [3.05, 3.63) is 70.5 Å². The molecule has 0 N–H and O–H groups in total. The van der Waals surface area contributed by atoms with Gasteiger partial charge in [-0.25, -0.2) is 14.6 Å². The van der Waals surface area contributed by atoms with Crippen molar-refractivity contribution in [2.45, 2.75) is 20.8 Å². The van der Waals surface area contributed by atoms with Crippen molar-refractivity contribution in [2.75, 3.05) is 31.1 Å². The molecule has 3 aromatic heterocycles. The molecule has 0 aliphatic carbocycles. The molecule has 0 atom stereocenters. The van der Waals surface area contributed by atoms with E-state index in [0.717, 1.165) is 23.0 Å². The lowest BCUT2D eigenvalue weighted by Crippen LogP contribution is -2.49. The van der Waals surface area contributed by atoms with Gasteiger partial charge in [-0.3, -0.25) is 4.79 Å². The summed E-state index contributed by atoms with van der Waals surface area (Å²) < 4.78 is 7.19. The molecule has 174 valence electrons. The summed E-state index contributed by atoms with van der Waals surface area (Å²) in [5.41, 5.74) is 3.55. The van der Waals surface area contributed by atoms with Crippen LogP contribution in [0.5, 0.6) is 0 Å². The van der Waals surface area contributed by atoms with E-state index in [9.17, 15) is 4.79 Å². The van der Waals surface area contributed by atoms with Gasteiger partial charge in [0.2, 0.25) is 0 Å². The summed E-state index contributed by atoms with van der Waals surface area (Å²) >= 11 is 6.35. The summed E-state index contributed by atoms with van der Waals surface area (Å²) in [6, 6.07) is 11.2. The number of halogens is 1. The molecule has 34 heavy (non-hydrogen) atoms. The van der Waals surface area contributed by atoms with Gasteiger partial charge in [0.05, 0.1) is 10.7 Å². The van der Waals surface area contributed by atoms with Crippen LogP contribution in [-0.4, -0.2) is 61.9 Å². The summed E-state index contributed by atoms with van der Waals surface area (Å²) in [5.74, 6) is 1.90. The zero-order chi connectivity index (χ0) is 23.8. The van der Waals surface area contributed by atoms with Crippen LogP contribution in [0.15, 0.2) is 47.2 Å². The van der Waals surface area contributed by atoms with Gasteiger partial charge in [0.1, 0.15) is 29.2 Å². The van der Waals surface area contributed by atoms with Gasteiger partial charge < -0.3 is 14.3 Å². The highest BCUT2D eigenvalue weighted by Crippen LogP contribution is 2.32. The maximum atomic E-state index is 13.4. The molecule has 4 aromatic rings. The lowest BCUT2D eigenvalue weighted by Gasteiger charge is -2.35. The standard InChI is InChI=1S/C24H24ClN7O2/c1-15-12-16(2)32(28-15)21-13-20(26-14-27-21)30-8-10-31(11-9-30)24(33)22-17(3)34-29-23(22)18-6-4-5-7-19(18)25/h4-7,12-14H,8-11H2,1-3H3. The summed E-state index contributed by atoms with van der Waals surface area (Å²) in [4.78, 5) is 26.2. The van der Waals surface area contributed by atoms with E-state index in [4.69, 9.17) is 16.1 Å². The summed E-state index contributed by atoms with van der Waals surface area (Å²) in [6.45, 7) is 8.08. The molecule has 5 rings (SSSR count). The van der Waals surface area contributed by atoms with Crippen molar-refractivity contribution in [1.29, 1.82) is 0 Å². The van der Waals surface area contributed by atoms with E-state index in [1.54, 1.807) is 19.3 Å². The van der Waals surface area contributed by atoms with Crippen molar-refractivity contribution in [3.8, 4) is 17.1 Å². The Balaban J connectivity index is 1.33. The fraction of sp³-hybridized carbons (Fsp3) is 0.292. The summed E-state index contributed by atoms with van der Waals surface area (Å²) in [6.07, 6.45) is 1.55. The van der Waals surface area contributed by atoms with E-state index in [2.05, 4.69) is 25.1 Å². The Morgan fingerprint density at radius 2 is 1.74 bits per heavy atom. The molecule has 1 aliphatic heterocycles. The van der Waals surface area contributed by atoms with Crippen LogP contribution in [0.3, 0.4) is 0 Å². The Morgan fingerprint density at radius 1 is 1.00 bits per heavy atom. The Labute approximate surface area is 202 Å². The number of benzene rings is 1. The predicted molar refractivity (Wildman–Crippen MR) is 128 cm³/mol. The number of aromatic nitrogens is 5. The number of anilines is 1. The van der Waals surface area contributed by atoms with Crippen molar-refractivity contribution >= 4 is 23.3 Å². The lowest BCUT2D eigenvalue weighted by molar-refractivity contribution is 0.0745. The van der Waals surface area contributed by atoms with Crippen molar-refractivity contribution < 1.29 is 9.32 Å². The van der Waals surface area contributed by atoms with Gasteiger partial charge in [-0.05, 0) is 32.9 Å². The van der Waals surface area contributed by atoms with E-state index < -0.39 is 0 Å². The van der Waals surface area contributed by atoms with Crippen LogP contribution in [0.2, 0.25) is 5.02 Å².